The fraction of sp³-hybridized carbons (Fsp3) is 0.769. The molecule has 0 amide bonds. The third-order valence-corrected chi connectivity index (χ3v) is 3.27. The van der Waals surface area contributed by atoms with E-state index in [0.29, 0.717) is 5.95 Å². The lowest BCUT2D eigenvalue weighted by Gasteiger charge is -2.21. The average Bonchev–Trinajstić information content (AvgIpc) is 2.35. The van der Waals surface area contributed by atoms with Gasteiger partial charge >= 0.3 is 0 Å². The highest BCUT2D eigenvalue weighted by molar-refractivity contribution is 5.23. The highest BCUT2D eigenvalue weighted by Gasteiger charge is 2.12. The van der Waals surface area contributed by atoms with Crippen molar-refractivity contribution in [1.29, 1.82) is 0 Å². The molecule has 2 rings (SSSR count). The monoisotopic (exact) mass is 250 g/mol. The Balaban J connectivity index is 1.68. The summed E-state index contributed by atoms with van der Waals surface area (Å²) >= 11 is 0. The fourth-order valence-electron chi connectivity index (χ4n) is 2.32. The third-order valence-electron chi connectivity index (χ3n) is 3.27. The van der Waals surface area contributed by atoms with Crippen molar-refractivity contribution >= 4 is 5.95 Å². The number of hydrogen-bond acceptors (Lipinski definition) is 5. The molecule has 1 saturated heterocycles. The maximum absolute atomic E-state index is 5.36. The third kappa shape index (κ3) is 4.22. The SMILES string of the molecule is Cc1nc(C)nc(NCCCC2CCOCC2)n1. The highest BCUT2D eigenvalue weighted by atomic mass is 16.5. The summed E-state index contributed by atoms with van der Waals surface area (Å²) in [6, 6.07) is 0. The van der Waals surface area contributed by atoms with Crippen molar-refractivity contribution in [2.75, 3.05) is 25.1 Å². The predicted octanol–water partition coefficient (Wildman–Crippen LogP) is 2.11. The first-order valence-electron chi connectivity index (χ1n) is 6.75. The second-order valence-electron chi connectivity index (χ2n) is 4.88. The molecule has 18 heavy (non-hydrogen) atoms. The molecule has 0 saturated carbocycles. The van der Waals surface area contributed by atoms with Crippen molar-refractivity contribution in [2.45, 2.75) is 39.5 Å². The van der Waals surface area contributed by atoms with Crippen LogP contribution in [0.25, 0.3) is 0 Å². The van der Waals surface area contributed by atoms with Crippen LogP contribution in [-0.4, -0.2) is 34.7 Å². The minimum absolute atomic E-state index is 0.701. The number of nitrogens with zero attached hydrogens (tertiary/aromatic N) is 3. The predicted molar refractivity (Wildman–Crippen MR) is 70.6 cm³/mol. The lowest BCUT2D eigenvalue weighted by Crippen LogP contribution is -2.17. The number of aryl methyl sites for hydroxylation is 2. The van der Waals surface area contributed by atoms with Gasteiger partial charge in [-0.2, -0.15) is 9.97 Å². The van der Waals surface area contributed by atoms with Crippen molar-refractivity contribution in [3.8, 4) is 0 Å². The van der Waals surface area contributed by atoms with E-state index in [1.54, 1.807) is 0 Å². The topological polar surface area (TPSA) is 59.9 Å². The zero-order valence-corrected chi connectivity index (χ0v) is 11.3. The van der Waals surface area contributed by atoms with E-state index < -0.39 is 0 Å². The summed E-state index contributed by atoms with van der Waals surface area (Å²) < 4.78 is 5.36. The van der Waals surface area contributed by atoms with Crippen molar-refractivity contribution in [2.24, 2.45) is 5.92 Å². The largest absolute Gasteiger partial charge is 0.381 e. The van der Waals surface area contributed by atoms with Crippen LogP contribution in [0.4, 0.5) is 5.95 Å². The minimum Gasteiger partial charge on any atom is -0.381 e. The Morgan fingerprint density at radius 3 is 2.44 bits per heavy atom. The van der Waals surface area contributed by atoms with Crippen molar-refractivity contribution in [1.82, 2.24) is 15.0 Å². The summed E-state index contributed by atoms with van der Waals surface area (Å²) in [6.07, 6.45) is 4.85. The Hall–Kier alpha value is -1.23. The van der Waals surface area contributed by atoms with Gasteiger partial charge in [0.25, 0.3) is 0 Å². The number of nitrogens with one attached hydrogen (secondary N) is 1. The van der Waals surface area contributed by atoms with Crippen LogP contribution in [0.3, 0.4) is 0 Å². The Kier molecular flexibility index (Phi) is 4.87. The van der Waals surface area contributed by atoms with Gasteiger partial charge in [0.05, 0.1) is 0 Å². The first kappa shape index (κ1) is 13.2. The molecule has 1 aliphatic heterocycles. The molecule has 100 valence electrons. The lowest BCUT2D eigenvalue weighted by atomic mass is 9.95. The van der Waals surface area contributed by atoms with Crippen molar-refractivity contribution in [3.05, 3.63) is 11.6 Å². The van der Waals surface area contributed by atoms with Crippen LogP contribution < -0.4 is 5.32 Å². The average molecular weight is 250 g/mol. The van der Waals surface area contributed by atoms with Crippen LogP contribution in [0.1, 0.15) is 37.3 Å². The summed E-state index contributed by atoms with van der Waals surface area (Å²) in [5, 5.41) is 3.27. The molecule has 0 aliphatic carbocycles. The first-order valence-corrected chi connectivity index (χ1v) is 6.75. The Labute approximate surface area is 108 Å². The molecule has 0 spiro atoms. The van der Waals surface area contributed by atoms with Gasteiger partial charge in [0.2, 0.25) is 5.95 Å². The second kappa shape index (κ2) is 6.64. The van der Waals surface area contributed by atoms with E-state index in [1.165, 1.54) is 19.3 Å². The molecule has 0 radical (unpaired) electrons. The maximum atomic E-state index is 5.36. The van der Waals surface area contributed by atoms with Gasteiger partial charge in [-0.25, -0.2) is 4.98 Å². The zero-order valence-electron chi connectivity index (χ0n) is 11.3. The standard InChI is InChI=1S/C13H22N4O/c1-10-15-11(2)17-13(16-10)14-7-3-4-12-5-8-18-9-6-12/h12H,3-9H2,1-2H3,(H,14,15,16,17). The molecule has 1 aromatic rings. The van der Waals surface area contributed by atoms with E-state index in [-0.39, 0.29) is 0 Å². The molecular formula is C13H22N4O. The van der Waals surface area contributed by atoms with Gasteiger partial charge in [0.1, 0.15) is 11.6 Å². The Bertz CT molecular complexity index is 357. The molecule has 0 atom stereocenters. The fourth-order valence-corrected chi connectivity index (χ4v) is 2.32. The van der Waals surface area contributed by atoms with Gasteiger partial charge in [-0.15, -0.1) is 0 Å². The summed E-state index contributed by atoms with van der Waals surface area (Å²) in [6.45, 7) is 6.58. The van der Waals surface area contributed by atoms with Crippen LogP contribution in [0.5, 0.6) is 0 Å². The van der Waals surface area contributed by atoms with E-state index in [0.717, 1.165) is 43.7 Å². The summed E-state index contributed by atoms with van der Waals surface area (Å²) in [7, 11) is 0. The smallest absolute Gasteiger partial charge is 0.226 e. The van der Waals surface area contributed by atoms with Gasteiger partial charge < -0.3 is 10.1 Å². The van der Waals surface area contributed by atoms with E-state index in [2.05, 4.69) is 20.3 Å². The van der Waals surface area contributed by atoms with Crippen LogP contribution in [0, 0.1) is 19.8 Å². The molecule has 0 bridgehead atoms. The van der Waals surface area contributed by atoms with Gasteiger partial charge in [-0.1, -0.05) is 0 Å². The molecule has 1 fully saturated rings. The number of hydrogen-bond donors (Lipinski definition) is 1. The molecule has 2 heterocycles. The second-order valence-corrected chi connectivity index (χ2v) is 4.88. The molecule has 1 aliphatic rings. The highest BCUT2D eigenvalue weighted by Crippen LogP contribution is 2.19. The van der Waals surface area contributed by atoms with Crippen molar-refractivity contribution < 1.29 is 4.74 Å². The minimum atomic E-state index is 0.701. The summed E-state index contributed by atoms with van der Waals surface area (Å²) in [4.78, 5) is 12.7. The van der Waals surface area contributed by atoms with Crippen LogP contribution >= 0.6 is 0 Å². The summed E-state index contributed by atoms with van der Waals surface area (Å²) in [5.41, 5.74) is 0. The maximum Gasteiger partial charge on any atom is 0.226 e. The van der Waals surface area contributed by atoms with E-state index in [9.17, 15) is 0 Å². The van der Waals surface area contributed by atoms with Gasteiger partial charge in [0, 0.05) is 19.8 Å². The molecular weight excluding hydrogens is 228 g/mol. The Morgan fingerprint density at radius 2 is 1.78 bits per heavy atom. The molecule has 1 aromatic heterocycles. The molecule has 0 aromatic carbocycles. The Morgan fingerprint density at radius 1 is 1.11 bits per heavy atom. The normalized spacial score (nSPS) is 16.8. The number of rotatable bonds is 5. The van der Waals surface area contributed by atoms with Gasteiger partial charge in [-0.05, 0) is 45.4 Å². The van der Waals surface area contributed by atoms with E-state index in [1.807, 2.05) is 13.8 Å². The zero-order chi connectivity index (χ0) is 12.8. The van der Waals surface area contributed by atoms with Gasteiger partial charge in [-0.3, -0.25) is 0 Å². The lowest BCUT2D eigenvalue weighted by molar-refractivity contribution is 0.0636. The molecule has 0 unspecified atom stereocenters. The molecule has 5 heteroatoms. The number of ether oxygens (including phenoxy) is 1. The van der Waals surface area contributed by atoms with Crippen LogP contribution in [-0.2, 0) is 4.74 Å². The number of anilines is 1. The van der Waals surface area contributed by atoms with E-state index >= 15 is 0 Å². The van der Waals surface area contributed by atoms with Crippen LogP contribution in [0.15, 0.2) is 0 Å². The van der Waals surface area contributed by atoms with Gasteiger partial charge in [0.15, 0.2) is 0 Å². The molecule has 1 N–H and O–H groups in total. The van der Waals surface area contributed by atoms with E-state index in [4.69, 9.17) is 4.74 Å². The first-order chi connectivity index (χ1) is 8.74. The summed E-state index contributed by atoms with van der Waals surface area (Å²) in [5.74, 6) is 3.08. The van der Waals surface area contributed by atoms with Crippen LogP contribution in [0.2, 0.25) is 0 Å². The van der Waals surface area contributed by atoms with Crippen molar-refractivity contribution in [3.63, 3.8) is 0 Å². The quantitative estimate of drug-likeness (QED) is 0.811. The number of aromatic nitrogens is 3. The molecule has 5 nitrogen and oxygen atoms in total.